The van der Waals surface area contributed by atoms with E-state index in [1.165, 1.54) is 11.6 Å². The Kier molecular flexibility index (Phi) is 4.76. The molecule has 6 rings (SSSR count). The fourth-order valence-electron chi connectivity index (χ4n) is 5.07. The summed E-state index contributed by atoms with van der Waals surface area (Å²) < 4.78 is 11.4. The fourth-order valence-corrected chi connectivity index (χ4v) is 5.19. The summed E-state index contributed by atoms with van der Waals surface area (Å²) in [5.74, 6) is 0.692. The Morgan fingerprint density at radius 3 is 2.29 bits per heavy atom. The molecule has 1 aliphatic heterocycles. The summed E-state index contributed by atoms with van der Waals surface area (Å²) >= 11 is 6.18. The number of rotatable bonds is 2. The van der Waals surface area contributed by atoms with E-state index < -0.39 is 6.10 Å². The second-order valence-electron chi connectivity index (χ2n) is 8.83. The molecule has 6 nitrogen and oxygen atoms in total. The van der Waals surface area contributed by atoms with Crippen LogP contribution >= 0.6 is 11.6 Å². The first-order chi connectivity index (χ1) is 16.9. The van der Waals surface area contributed by atoms with Gasteiger partial charge in [0.2, 0.25) is 0 Å². The average molecular weight is 484 g/mol. The number of nitrogens with zero attached hydrogens (tertiary/aromatic N) is 3. The van der Waals surface area contributed by atoms with Crippen molar-refractivity contribution in [3.63, 3.8) is 0 Å². The molecule has 0 radical (unpaired) electrons. The standard InChI is InChI=1S/C28H22ClN3O3/c1-16-8-4-5-9-19(16)23-22-24(30(2)28(34)31(3)27(22)33)25-26(17-12-14-18(29)15-13-17)35-21-11-7-6-10-20(21)32(23)25/h4-15,26H,1-3H3/t26-/m1/s1. The predicted octanol–water partition coefficient (Wildman–Crippen LogP) is 5.14. The summed E-state index contributed by atoms with van der Waals surface area (Å²) in [6.45, 7) is 2.02. The average Bonchev–Trinajstić information content (AvgIpc) is 3.23. The molecule has 2 aromatic heterocycles. The van der Waals surface area contributed by atoms with Gasteiger partial charge in [0, 0.05) is 24.7 Å². The largest absolute Gasteiger partial charge is 0.477 e. The first-order valence-electron chi connectivity index (χ1n) is 11.3. The van der Waals surface area contributed by atoms with Crippen molar-refractivity contribution in [3.8, 4) is 22.7 Å². The van der Waals surface area contributed by atoms with Gasteiger partial charge in [-0.25, -0.2) is 4.79 Å². The summed E-state index contributed by atoms with van der Waals surface area (Å²) in [7, 11) is 3.22. The molecule has 0 unspecified atom stereocenters. The molecule has 0 saturated carbocycles. The number of fused-ring (bicyclic) bond motifs is 5. The lowest BCUT2D eigenvalue weighted by Gasteiger charge is -2.30. The number of ether oxygens (including phenoxy) is 1. The third kappa shape index (κ3) is 3.03. The zero-order valence-electron chi connectivity index (χ0n) is 19.4. The summed E-state index contributed by atoms with van der Waals surface area (Å²) in [4.78, 5) is 26.8. The van der Waals surface area contributed by atoms with Crippen LogP contribution in [0.3, 0.4) is 0 Å². The van der Waals surface area contributed by atoms with Gasteiger partial charge in [-0.2, -0.15) is 0 Å². The van der Waals surface area contributed by atoms with Crippen LogP contribution in [-0.4, -0.2) is 13.7 Å². The van der Waals surface area contributed by atoms with Crippen LogP contribution in [-0.2, 0) is 14.1 Å². The lowest BCUT2D eigenvalue weighted by atomic mass is 10.0. The molecule has 3 heterocycles. The summed E-state index contributed by atoms with van der Waals surface area (Å²) in [5.41, 5.74) is 4.95. The normalized spacial score (nSPS) is 14.5. The fraction of sp³-hybridized carbons (Fsp3) is 0.143. The van der Waals surface area contributed by atoms with Gasteiger partial charge in [0.15, 0.2) is 6.10 Å². The van der Waals surface area contributed by atoms with Crippen molar-refractivity contribution in [3.05, 3.63) is 115 Å². The highest BCUT2D eigenvalue weighted by atomic mass is 35.5. The van der Waals surface area contributed by atoms with E-state index >= 15 is 0 Å². The SMILES string of the molecule is Cc1ccccc1-c1c2c(=O)n(C)c(=O)n(C)c2c2n1-c1ccccc1O[C@@H]2c1ccc(Cl)cc1. The van der Waals surface area contributed by atoms with Crippen molar-refractivity contribution in [2.75, 3.05) is 0 Å². The third-order valence-corrected chi connectivity index (χ3v) is 7.03. The van der Waals surface area contributed by atoms with Crippen molar-refractivity contribution < 1.29 is 4.74 Å². The van der Waals surface area contributed by atoms with E-state index in [-0.39, 0.29) is 11.2 Å². The number of halogens is 1. The predicted molar refractivity (Wildman–Crippen MR) is 138 cm³/mol. The lowest BCUT2D eigenvalue weighted by molar-refractivity contribution is 0.229. The first-order valence-corrected chi connectivity index (χ1v) is 11.7. The maximum absolute atomic E-state index is 13.7. The zero-order valence-corrected chi connectivity index (χ0v) is 20.2. The molecule has 5 aromatic rings. The molecule has 0 amide bonds. The van der Waals surface area contributed by atoms with Crippen LogP contribution in [0, 0.1) is 6.92 Å². The van der Waals surface area contributed by atoms with E-state index in [2.05, 4.69) is 4.57 Å². The molecule has 7 heteroatoms. The zero-order chi connectivity index (χ0) is 24.4. The van der Waals surface area contributed by atoms with Crippen LogP contribution in [0.5, 0.6) is 5.75 Å². The van der Waals surface area contributed by atoms with Crippen LogP contribution in [0.2, 0.25) is 5.02 Å². The van der Waals surface area contributed by atoms with E-state index in [1.54, 1.807) is 11.6 Å². The second-order valence-corrected chi connectivity index (χ2v) is 9.27. The molecular formula is C28H22ClN3O3. The molecule has 0 fully saturated rings. The number of aryl methyl sites for hydroxylation is 2. The number of para-hydroxylation sites is 2. The van der Waals surface area contributed by atoms with Crippen molar-refractivity contribution in [1.29, 1.82) is 0 Å². The van der Waals surface area contributed by atoms with E-state index in [0.717, 1.165) is 33.8 Å². The van der Waals surface area contributed by atoms with Gasteiger partial charge in [-0.1, -0.05) is 60.1 Å². The van der Waals surface area contributed by atoms with E-state index in [4.69, 9.17) is 16.3 Å². The minimum atomic E-state index is -0.555. The molecule has 0 spiro atoms. The van der Waals surface area contributed by atoms with Crippen LogP contribution in [0.15, 0.2) is 82.4 Å². The summed E-state index contributed by atoms with van der Waals surface area (Å²) in [6.07, 6.45) is -0.555. The van der Waals surface area contributed by atoms with Crippen molar-refractivity contribution in [1.82, 2.24) is 13.7 Å². The van der Waals surface area contributed by atoms with Crippen LogP contribution in [0.25, 0.3) is 27.8 Å². The Balaban J connectivity index is 1.88. The third-order valence-electron chi connectivity index (χ3n) is 6.78. The maximum atomic E-state index is 13.7. The first kappa shape index (κ1) is 21.5. The Morgan fingerprint density at radius 2 is 1.54 bits per heavy atom. The van der Waals surface area contributed by atoms with Gasteiger partial charge >= 0.3 is 5.69 Å². The topological polar surface area (TPSA) is 58.2 Å². The molecule has 174 valence electrons. The summed E-state index contributed by atoms with van der Waals surface area (Å²) in [6, 6.07) is 23.2. The highest BCUT2D eigenvalue weighted by Crippen LogP contribution is 2.47. The van der Waals surface area contributed by atoms with E-state index in [9.17, 15) is 9.59 Å². The van der Waals surface area contributed by atoms with Crippen LogP contribution in [0.1, 0.15) is 22.9 Å². The molecule has 1 aliphatic rings. The number of benzene rings is 3. The van der Waals surface area contributed by atoms with Gasteiger partial charge in [-0.05, 0) is 42.3 Å². The molecule has 0 saturated heterocycles. The minimum absolute atomic E-state index is 0.337. The monoisotopic (exact) mass is 483 g/mol. The molecule has 3 aromatic carbocycles. The summed E-state index contributed by atoms with van der Waals surface area (Å²) in [5, 5.41) is 1.10. The quantitative estimate of drug-likeness (QED) is 0.349. The van der Waals surface area contributed by atoms with E-state index in [0.29, 0.717) is 21.7 Å². The van der Waals surface area contributed by atoms with Crippen LogP contribution < -0.4 is 16.0 Å². The Hall–Kier alpha value is -4.03. The Bertz CT molecular complexity index is 1760. The number of aromatic nitrogens is 3. The van der Waals surface area contributed by atoms with Gasteiger partial charge in [-0.3, -0.25) is 13.9 Å². The van der Waals surface area contributed by atoms with Gasteiger partial charge in [0.1, 0.15) is 5.75 Å². The second kappa shape index (κ2) is 7.75. The highest BCUT2D eigenvalue weighted by molar-refractivity contribution is 6.30. The molecule has 0 N–H and O–H groups in total. The van der Waals surface area contributed by atoms with Gasteiger partial charge in [0.05, 0.1) is 28.0 Å². The lowest BCUT2D eigenvalue weighted by Crippen LogP contribution is -2.37. The van der Waals surface area contributed by atoms with Crippen molar-refractivity contribution >= 4 is 22.5 Å². The van der Waals surface area contributed by atoms with Gasteiger partial charge in [-0.15, -0.1) is 0 Å². The minimum Gasteiger partial charge on any atom is -0.477 e. The molecular weight excluding hydrogens is 462 g/mol. The number of hydrogen-bond acceptors (Lipinski definition) is 3. The molecule has 0 aliphatic carbocycles. The van der Waals surface area contributed by atoms with Crippen molar-refractivity contribution in [2.45, 2.75) is 13.0 Å². The van der Waals surface area contributed by atoms with Gasteiger partial charge < -0.3 is 9.30 Å². The molecule has 1 atom stereocenters. The Morgan fingerprint density at radius 1 is 0.857 bits per heavy atom. The molecule has 0 bridgehead atoms. The van der Waals surface area contributed by atoms with E-state index in [1.807, 2.05) is 79.7 Å². The Labute approximate surface area is 206 Å². The van der Waals surface area contributed by atoms with Crippen LogP contribution in [0.4, 0.5) is 0 Å². The smallest absolute Gasteiger partial charge is 0.331 e. The highest BCUT2D eigenvalue weighted by Gasteiger charge is 2.36. The maximum Gasteiger partial charge on any atom is 0.331 e. The van der Waals surface area contributed by atoms with Crippen molar-refractivity contribution in [2.24, 2.45) is 14.1 Å². The number of hydrogen-bond donors (Lipinski definition) is 0. The molecule has 35 heavy (non-hydrogen) atoms. The van der Waals surface area contributed by atoms with Gasteiger partial charge in [0.25, 0.3) is 5.56 Å².